The van der Waals surface area contributed by atoms with E-state index in [1.807, 2.05) is 91.3 Å². The Morgan fingerprint density at radius 1 is 0.703 bits per heavy atom. The van der Waals surface area contributed by atoms with E-state index in [4.69, 9.17) is 25.8 Å². The largest absolute Gasteiger partial charge is 0.496 e. The molecule has 13 heteroatoms. The van der Waals surface area contributed by atoms with E-state index in [2.05, 4.69) is 39.7 Å². The monoisotopic (exact) mass is 946 g/mol. The number of Topliss-reactive ketones (excluding diaryl/α,β-unsaturated/α-hetero) is 2. The Hall–Kier alpha value is -6.11. The highest BCUT2D eigenvalue weighted by Gasteiger charge is 2.33. The Balaban J connectivity index is 0.000000193. The molecule has 0 bridgehead atoms. The Bertz CT molecular complexity index is 2770. The van der Waals surface area contributed by atoms with Crippen molar-refractivity contribution in [3.63, 3.8) is 0 Å². The van der Waals surface area contributed by atoms with Gasteiger partial charge in [-0.1, -0.05) is 65.0 Å². The van der Waals surface area contributed by atoms with Gasteiger partial charge in [-0.25, -0.2) is 0 Å². The maximum absolute atomic E-state index is 13.1. The fourth-order valence-corrected chi connectivity index (χ4v) is 9.66. The molecule has 8 rings (SSSR count). The zero-order valence-corrected chi connectivity index (χ0v) is 39.1. The Labute approximate surface area is 386 Å². The van der Waals surface area contributed by atoms with Gasteiger partial charge in [0.1, 0.15) is 17.2 Å². The van der Waals surface area contributed by atoms with Crippen LogP contribution in [0.5, 0.6) is 17.2 Å². The summed E-state index contributed by atoms with van der Waals surface area (Å²) in [5, 5.41) is 2.64. The molecule has 2 aliphatic rings. The second kappa shape index (κ2) is 19.7. The summed E-state index contributed by atoms with van der Waals surface area (Å²) in [4.78, 5) is 52.6. The lowest BCUT2D eigenvalue weighted by molar-refractivity contribution is -0.134. The number of benzene rings is 4. The molecule has 2 fully saturated rings. The number of carbonyl (C=O) groups is 4. The number of rotatable bonds is 15. The molecular weight excluding hydrogens is 896 g/mol. The number of ether oxygens (including phenoxy) is 3. The van der Waals surface area contributed by atoms with Crippen LogP contribution in [-0.2, 0) is 32.3 Å². The summed E-state index contributed by atoms with van der Waals surface area (Å²) in [5.74, 6) is 2.72. The Morgan fingerprint density at radius 3 is 1.84 bits per heavy atom. The Kier molecular flexibility index (Phi) is 14.2. The highest BCUT2D eigenvalue weighted by molar-refractivity contribution is 9.10. The number of methoxy groups -OCH3 is 3. The molecule has 2 saturated heterocycles. The first-order valence-electron chi connectivity index (χ1n) is 21.1. The number of aromatic nitrogens is 2. The minimum Gasteiger partial charge on any atom is -0.496 e. The van der Waals surface area contributed by atoms with Gasteiger partial charge >= 0.3 is 0 Å². The normalized spacial score (nSPS) is 13.7. The van der Waals surface area contributed by atoms with Crippen LogP contribution in [0.2, 0.25) is 5.02 Å². The van der Waals surface area contributed by atoms with Gasteiger partial charge in [-0.3, -0.25) is 19.2 Å². The zero-order valence-electron chi connectivity index (χ0n) is 36.8. The molecule has 0 radical (unpaired) electrons. The predicted octanol–water partition coefficient (Wildman–Crippen LogP) is 9.88. The smallest absolute Gasteiger partial charge is 0.245 e. The molecule has 11 nitrogen and oxygen atoms in total. The summed E-state index contributed by atoms with van der Waals surface area (Å²) in [7, 11) is 4.93. The van der Waals surface area contributed by atoms with Crippen molar-refractivity contribution in [3.05, 3.63) is 125 Å². The van der Waals surface area contributed by atoms with E-state index in [1.54, 1.807) is 31.1 Å². The Morgan fingerprint density at radius 2 is 1.27 bits per heavy atom. The van der Waals surface area contributed by atoms with E-state index < -0.39 is 0 Å². The average Bonchev–Trinajstić information content (AvgIpc) is 3.74. The van der Waals surface area contributed by atoms with Crippen molar-refractivity contribution >= 4 is 72.7 Å². The number of amides is 2. The minimum atomic E-state index is -0.0844. The van der Waals surface area contributed by atoms with Crippen LogP contribution in [-0.4, -0.2) is 89.8 Å². The van der Waals surface area contributed by atoms with Gasteiger partial charge in [-0.2, -0.15) is 0 Å². The summed E-state index contributed by atoms with van der Waals surface area (Å²) < 4.78 is 22.0. The van der Waals surface area contributed by atoms with Crippen molar-refractivity contribution in [3.8, 4) is 39.5 Å². The number of para-hydroxylation sites is 1. The molecular formula is C51H52BrClN4O7. The highest BCUT2D eigenvalue weighted by atomic mass is 79.9. The van der Waals surface area contributed by atoms with Gasteiger partial charge < -0.3 is 33.1 Å². The first-order chi connectivity index (χ1) is 30.8. The van der Waals surface area contributed by atoms with Gasteiger partial charge in [0.2, 0.25) is 11.8 Å². The fourth-order valence-electron chi connectivity index (χ4n) is 9.03. The lowest BCUT2D eigenvalue weighted by atomic mass is 9.94. The predicted molar refractivity (Wildman–Crippen MR) is 256 cm³/mol. The molecule has 0 N–H and O–H groups in total. The van der Waals surface area contributed by atoms with Gasteiger partial charge in [0, 0.05) is 105 Å². The molecule has 6 aromatic rings. The van der Waals surface area contributed by atoms with Gasteiger partial charge in [-0.15, -0.1) is 0 Å². The topological polar surface area (TPSA) is 112 Å². The molecule has 4 heterocycles. The summed E-state index contributed by atoms with van der Waals surface area (Å²) in [6.07, 6.45) is 5.57. The van der Waals surface area contributed by atoms with E-state index in [0.717, 1.165) is 65.5 Å². The van der Waals surface area contributed by atoms with E-state index >= 15 is 0 Å². The van der Waals surface area contributed by atoms with Crippen LogP contribution < -0.4 is 14.2 Å². The number of hydrogen-bond donors (Lipinski definition) is 0. The number of ketones is 2. The van der Waals surface area contributed by atoms with E-state index in [9.17, 15) is 19.2 Å². The molecule has 2 aliphatic heterocycles. The van der Waals surface area contributed by atoms with Gasteiger partial charge in [0.25, 0.3) is 0 Å². The summed E-state index contributed by atoms with van der Waals surface area (Å²) in [6.45, 7) is 14.0. The molecule has 2 aromatic heterocycles. The fraction of sp³-hybridized carbons (Fsp3) is 0.294. The molecule has 332 valence electrons. The molecule has 0 spiro atoms. The highest BCUT2D eigenvalue weighted by Crippen LogP contribution is 2.46. The summed E-state index contributed by atoms with van der Waals surface area (Å²) in [5.41, 5.74) is 7.70. The lowest BCUT2D eigenvalue weighted by Gasteiger charge is -2.38. The molecule has 64 heavy (non-hydrogen) atoms. The number of fused-ring (bicyclic) bond motifs is 2. The van der Waals surface area contributed by atoms with Gasteiger partial charge in [0.05, 0.1) is 45.5 Å². The molecule has 0 saturated carbocycles. The van der Waals surface area contributed by atoms with Gasteiger partial charge in [-0.05, 0) is 80.1 Å². The summed E-state index contributed by atoms with van der Waals surface area (Å²) in [6, 6.07) is 23.5. The van der Waals surface area contributed by atoms with Crippen molar-refractivity contribution in [2.75, 3.05) is 47.5 Å². The lowest BCUT2D eigenvalue weighted by Crippen LogP contribution is -2.50. The molecule has 0 unspecified atom stereocenters. The third-order valence-corrected chi connectivity index (χ3v) is 12.8. The second-order valence-electron chi connectivity index (χ2n) is 16.3. The molecule has 2 amide bonds. The third kappa shape index (κ3) is 9.39. The van der Waals surface area contributed by atoms with E-state index in [-0.39, 0.29) is 41.8 Å². The van der Waals surface area contributed by atoms with Crippen LogP contribution in [0, 0.1) is 25.7 Å². The van der Waals surface area contributed by atoms with Crippen molar-refractivity contribution in [2.24, 2.45) is 11.8 Å². The van der Waals surface area contributed by atoms with E-state index in [0.29, 0.717) is 62.1 Å². The minimum absolute atomic E-state index is 0.0675. The molecule has 4 aromatic carbocycles. The van der Waals surface area contributed by atoms with Crippen LogP contribution >= 0.6 is 27.5 Å². The SMILES string of the molecule is C=CC(=O)N1CC(CC(=O)Cn2c(C)c(-c3c(OC)cccc3OC)c3cc(Cl)cc(C)c32)C1.C=CC(=O)N1CC(CC(=O)Cn2cc(-c3ccccc3OC)c3cc(Br)ccc32)C1. The van der Waals surface area contributed by atoms with Crippen LogP contribution in [0.1, 0.15) is 24.1 Å². The summed E-state index contributed by atoms with van der Waals surface area (Å²) >= 11 is 10.0. The van der Waals surface area contributed by atoms with Crippen molar-refractivity contribution in [2.45, 2.75) is 39.8 Å². The number of hydrogen-bond acceptors (Lipinski definition) is 7. The number of aryl methyl sites for hydroxylation is 1. The standard InChI is InChI=1S/C27H29ClN2O4.C24H23BrN2O3/c1-6-24(32)29-13-18(14-29)11-20(31)15-30-17(3)25(21-12-19(28)10-16(2)27(21)30)26-22(33-4)8-7-9-23(26)34-5;1-3-24(29)27-12-16(13-27)10-18(28)14-26-15-21(19-6-4-5-7-23(19)30-2)20-11-17(25)8-9-22(20)26/h6-10,12,18H,1,11,13-15H2,2-5H3;3-9,11,15-16H,1,10,12-14H2,2H3. The molecule has 0 atom stereocenters. The average molecular weight is 948 g/mol. The van der Waals surface area contributed by atoms with Crippen LogP contribution in [0.4, 0.5) is 0 Å². The molecule has 0 aliphatic carbocycles. The first kappa shape index (κ1) is 45.9. The van der Waals surface area contributed by atoms with Crippen LogP contribution in [0.15, 0.2) is 109 Å². The van der Waals surface area contributed by atoms with Crippen LogP contribution in [0.3, 0.4) is 0 Å². The number of likely N-dealkylation sites (tertiary alicyclic amines) is 2. The van der Waals surface area contributed by atoms with Crippen molar-refractivity contribution in [1.29, 1.82) is 0 Å². The van der Waals surface area contributed by atoms with E-state index in [1.165, 1.54) is 12.2 Å². The van der Waals surface area contributed by atoms with Crippen molar-refractivity contribution in [1.82, 2.24) is 18.9 Å². The number of carbonyl (C=O) groups excluding carboxylic acids is 4. The van der Waals surface area contributed by atoms with Gasteiger partial charge in [0.15, 0.2) is 11.6 Å². The zero-order chi connectivity index (χ0) is 45.8. The second-order valence-corrected chi connectivity index (χ2v) is 17.7. The van der Waals surface area contributed by atoms with Crippen LogP contribution in [0.25, 0.3) is 44.1 Å². The number of halogens is 2. The maximum atomic E-state index is 13.1. The quantitative estimate of drug-likeness (QED) is 0.0943. The third-order valence-electron chi connectivity index (χ3n) is 12.1. The van der Waals surface area contributed by atoms with Crippen molar-refractivity contribution < 1.29 is 33.4 Å². The first-order valence-corrected chi connectivity index (χ1v) is 22.2. The maximum Gasteiger partial charge on any atom is 0.245 e. The number of nitrogens with zero attached hydrogens (tertiary/aromatic N) is 4.